The van der Waals surface area contributed by atoms with Gasteiger partial charge in [0.1, 0.15) is 0 Å². The van der Waals surface area contributed by atoms with Crippen LogP contribution in [0.25, 0.3) is 0 Å². The first kappa shape index (κ1) is 8.89. The standard InChI is InChI=1S/Ir.2O.Ta. The molecule has 0 spiro atoms. The fourth-order valence-corrected chi connectivity index (χ4v) is 0. The quantitative estimate of drug-likeness (QED) is 0.558. The van der Waals surface area contributed by atoms with E-state index in [1.165, 1.54) is 0 Å². The Hall–Kier alpha value is 0.990. The Kier molecular flexibility index (Phi) is 80.9. The first-order chi connectivity index (χ1) is 2.00. The summed E-state index contributed by atoms with van der Waals surface area (Å²) in [5.41, 5.74) is 0. The van der Waals surface area contributed by atoms with E-state index in [4.69, 9.17) is 6.75 Å². The fraction of sp³-hybridized carbons (Fsp3) is 0. The third kappa shape index (κ3) is 12.1. The molecule has 0 N–H and O–H groups in total. The van der Waals surface area contributed by atoms with Crippen LogP contribution in [-0.4, -0.2) is 0 Å². The van der Waals surface area contributed by atoms with Gasteiger partial charge in [-0.3, -0.25) is 0 Å². The van der Waals surface area contributed by atoms with Crippen LogP contribution in [0.4, 0.5) is 0 Å². The van der Waals surface area contributed by atoms with Crippen molar-refractivity contribution in [3.05, 3.63) is 0 Å². The molecule has 0 amide bonds. The molecule has 0 unspecified atom stereocenters. The van der Waals surface area contributed by atoms with Crippen molar-refractivity contribution >= 4 is 0 Å². The fourth-order valence-electron chi connectivity index (χ4n) is 0. The summed E-state index contributed by atoms with van der Waals surface area (Å²) in [4.78, 5) is 0. The molecule has 0 rings (SSSR count). The molecular formula is IrO2Ta. The van der Waals surface area contributed by atoms with Crippen molar-refractivity contribution in [2.75, 3.05) is 0 Å². The molecule has 0 radical (unpaired) electrons. The van der Waals surface area contributed by atoms with Gasteiger partial charge in [-0.15, -0.1) is 0 Å². The van der Waals surface area contributed by atoms with Crippen molar-refractivity contribution in [3.8, 4) is 0 Å². The molecule has 0 saturated heterocycles. The van der Waals surface area contributed by atoms with E-state index in [2.05, 4.69) is 0 Å². The van der Waals surface area contributed by atoms with E-state index in [0.717, 1.165) is 18.9 Å². The summed E-state index contributed by atoms with van der Waals surface area (Å²) in [6, 6.07) is 0. The van der Waals surface area contributed by atoms with Gasteiger partial charge in [-0.2, -0.15) is 0 Å². The van der Waals surface area contributed by atoms with Crippen LogP contribution < -0.4 is 0 Å². The summed E-state index contributed by atoms with van der Waals surface area (Å²) < 4.78 is 16.6. The molecule has 0 heterocycles. The van der Waals surface area contributed by atoms with Crippen molar-refractivity contribution < 1.29 is 46.7 Å². The Labute approximate surface area is 46.7 Å². The van der Waals surface area contributed by atoms with Gasteiger partial charge < -0.3 is 0 Å². The monoisotopic (exact) mass is 406 g/mol. The summed E-state index contributed by atoms with van der Waals surface area (Å²) in [6.45, 7) is 0. The van der Waals surface area contributed by atoms with Crippen LogP contribution in [0.2, 0.25) is 0 Å². The van der Waals surface area contributed by atoms with E-state index in [0.29, 0.717) is 0 Å². The molecule has 0 aromatic heterocycles. The molecule has 4 heteroatoms. The Balaban J connectivity index is 0. The van der Waals surface area contributed by atoms with Gasteiger partial charge in [-0.05, 0) is 0 Å². The van der Waals surface area contributed by atoms with E-state index < -0.39 is 0 Å². The Bertz CT molecular complexity index is 8.00. The Morgan fingerprint density at radius 3 is 1.25 bits per heavy atom. The van der Waals surface area contributed by atoms with E-state index in [1.54, 1.807) is 0 Å². The van der Waals surface area contributed by atoms with Gasteiger partial charge in [-0.1, -0.05) is 0 Å². The Morgan fingerprint density at radius 2 is 1.25 bits per heavy atom. The van der Waals surface area contributed by atoms with Crippen LogP contribution in [0.1, 0.15) is 0 Å². The van der Waals surface area contributed by atoms with Crippen molar-refractivity contribution in [3.63, 3.8) is 0 Å². The summed E-state index contributed by atoms with van der Waals surface area (Å²) in [7, 11) is 0. The minimum atomic E-state index is 0.194. The topological polar surface area (TPSA) is 34.1 Å². The van der Waals surface area contributed by atoms with E-state index in [9.17, 15) is 0 Å². The van der Waals surface area contributed by atoms with E-state index >= 15 is 0 Å². The second-order valence-electron chi connectivity index (χ2n) is 0. The van der Waals surface area contributed by atoms with Gasteiger partial charge in [0.15, 0.2) is 0 Å². The van der Waals surface area contributed by atoms with Gasteiger partial charge in [0.25, 0.3) is 0 Å². The van der Waals surface area contributed by atoms with Crippen molar-refractivity contribution in [1.82, 2.24) is 0 Å². The molecule has 0 aliphatic carbocycles. The predicted molar refractivity (Wildman–Crippen MR) is 1.37 cm³/mol. The first-order valence-corrected chi connectivity index (χ1v) is 2.61. The number of hydrogen-bond acceptors (Lipinski definition) is 2. The Morgan fingerprint density at radius 1 is 1.25 bits per heavy atom. The summed E-state index contributed by atoms with van der Waals surface area (Å²) in [5.74, 6) is 0. The summed E-state index contributed by atoms with van der Waals surface area (Å²) >= 11 is 0.944. The van der Waals surface area contributed by atoms with Crippen molar-refractivity contribution in [1.29, 1.82) is 0 Å². The van der Waals surface area contributed by atoms with Gasteiger partial charge in [0.2, 0.25) is 0 Å². The average molecular weight is 405 g/mol. The van der Waals surface area contributed by atoms with Gasteiger partial charge in [0.05, 0.1) is 0 Å². The number of hydrogen-bond donors (Lipinski definition) is 0. The molecule has 26 valence electrons. The molecule has 0 bridgehead atoms. The van der Waals surface area contributed by atoms with Crippen LogP contribution in [0.15, 0.2) is 0 Å². The molecule has 0 aromatic rings. The second-order valence-corrected chi connectivity index (χ2v) is 0. The van der Waals surface area contributed by atoms with Crippen molar-refractivity contribution in [2.45, 2.75) is 0 Å². The van der Waals surface area contributed by atoms with Crippen LogP contribution in [-0.2, 0) is 46.7 Å². The minimum absolute atomic E-state index is 0.194. The SMILES string of the molecule is [O]=[Ir].[O]=[Ta]. The van der Waals surface area contributed by atoms with Crippen molar-refractivity contribution in [2.24, 2.45) is 0 Å². The molecule has 0 aliphatic heterocycles. The maximum atomic E-state index is 8.36. The van der Waals surface area contributed by atoms with E-state index in [1.807, 2.05) is 0 Å². The molecule has 0 aromatic carbocycles. The molecule has 0 saturated carbocycles. The zero-order valence-electron chi connectivity index (χ0n) is 1.60. The molecule has 0 fully saturated rings. The third-order valence-electron chi connectivity index (χ3n) is 0. The van der Waals surface area contributed by atoms with Crippen LogP contribution >= 0.6 is 0 Å². The first-order valence-electron chi connectivity index (χ1n) is 0.319. The summed E-state index contributed by atoms with van der Waals surface area (Å²) in [6.07, 6.45) is 0. The zero-order chi connectivity index (χ0) is 4.00. The van der Waals surface area contributed by atoms with Gasteiger partial charge in [-0.25, -0.2) is 0 Å². The molecule has 0 aliphatic rings. The summed E-state index contributed by atoms with van der Waals surface area (Å²) in [5, 5.41) is 0. The molecular weight excluding hydrogens is 405 g/mol. The van der Waals surface area contributed by atoms with Gasteiger partial charge >= 0.3 is 46.7 Å². The maximum absolute atomic E-state index is 8.36. The number of rotatable bonds is 0. The van der Waals surface area contributed by atoms with Gasteiger partial charge in [0, 0.05) is 0 Å². The average Bonchev–Trinajstić information content (AvgIpc) is 1.50. The van der Waals surface area contributed by atoms with Crippen LogP contribution in [0, 0.1) is 0 Å². The molecule has 4 heavy (non-hydrogen) atoms. The predicted octanol–water partition coefficient (Wildman–Crippen LogP) is -0.243. The molecule has 2 nitrogen and oxygen atoms in total. The van der Waals surface area contributed by atoms with Crippen LogP contribution in [0.5, 0.6) is 0 Å². The molecule has 0 atom stereocenters. The third-order valence-corrected chi connectivity index (χ3v) is 0. The van der Waals surface area contributed by atoms with E-state index in [-0.39, 0.29) is 21.0 Å². The normalized spacial score (nSPS) is 2.00. The van der Waals surface area contributed by atoms with Crippen LogP contribution in [0.3, 0.4) is 0 Å². The second kappa shape index (κ2) is 36.4. The zero-order valence-corrected chi connectivity index (χ0v) is 7.21.